The molecule has 1 heterocycles. The van der Waals surface area contributed by atoms with E-state index in [1.54, 1.807) is 0 Å². The van der Waals surface area contributed by atoms with Crippen LogP contribution in [0.2, 0.25) is 0 Å². The normalized spacial score (nSPS) is 21.2. The first-order chi connectivity index (χ1) is 8.77. The van der Waals surface area contributed by atoms with Gasteiger partial charge in [0.1, 0.15) is 5.78 Å². The third-order valence-electron chi connectivity index (χ3n) is 3.91. The number of nitrogens with zero attached hydrogens (tertiary/aromatic N) is 1. The van der Waals surface area contributed by atoms with Crippen LogP contribution in [0.25, 0.3) is 0 Å². The van der Waals surface area contributed by atoms with E-state index in [4.69, 9.17) is 5.11 Å². The van der Waals surface area contributed by atoms with Gasteiger partial charge in [0.25, 0.3) is 0 Å². The summed E-state index contributed by atoms with van der Waals surface area (Å²) in [7, 11) is 0. The molecule has 1 unspecified atom stereocenters. The van der Waals surface area contributed by atoms with Crippen LogP contribution >= 0.6 is 0 Å². The topological polar surface area (TPSA) is 57.6 Å². The Kier molecular flexibility index (Phi) is 5.15. The van der Waals surface area contributed by atoms with Gasteiger partial charge in [-0.15, -0.1) is 6.58 Å². The highest BCUT2D eigenvalue weighted by Crippen LogP contribution is 2.34. The first kappa shape index (κ1) is 15.7. The number of hydrogen-bond acceptors (Lipinski definition) is 2. The fraction of sp³-hybridized carbons (Fsp3) is 0.733. The molecule has 4 heteroatoms. The van der Waals surface area contributed by atoms with Gasteiger partial charge < -0.3 is 10.0 Å². The average Bonchev–Trinajstić information content (AvgIpc) is 2.76. The van der Waals surface area contributed by atoms with Crippen molar-refractivity contribution >= 4 is 11.9 Å². The lowest BCUT2D eigenvalue weighted by Gasteiger charge is -2.31. The minimum Gasteiger partial charge on any atom is -0.465 e. The molecule has 0 radical (unpaired) electrons. The minimum atomic E-state index is -0.922. The van der Waals surface area contributed by atoms with Crippen LogP contribution in [0.3, 0.4) is 0 Å². The molecule has 19 heavy (non-hydrogen) atoms. The largest absolute Gasteiger partial charge is 0.465 e. The Balaban J connectivity index is 2.72. The maximum Gasteiger partial charge on any atom is 0.407 e. The number of amides is 1. The van der Waals surface area contributed by atoms with Crippen molar-refractivity contribution in [3.8, 4) is 0 Å². The maximum atomic E-state index is 12.6. The van der Waals surface area contributed by atoms with Crippen LogP contribution in [0.1, 0.15) is 40.0 Å². The number of Topliss-reactive ketones (excluding diaryl/α,β-unsaturated/α-hetero) is 1. The number of ketones is 1. The summed E-state index contributed by atoms with van der Waals surface area (Å²) in [5.74, 6) is 0.0625. The molecule has 0 aromatic heterocycles. The van der Waals surface area contributed by atoms with E-state index in [1.807, 2.05) is 6.08 Å². The van der Waals surface area contributed by atoms with Crippen LogP contribution in [0.4, 0.5) is 4.79 Å². The molecule has 1 amide bonds. The molecule has 0 saturated carbocycles. The van der Waals surface area contributed by atoms with Crippen LogP contribution in [-0.4, -0.2) is 35.0 Å². The fourth-order valence-electron chi connectivity index (χ4n) is 2.74. The predicted octanol–water partition coefficient (Wildman–Crippen LogP) is 3.18. The molecule has 1 saturated heterocycles. The molecule has 0 bridgehead atoms. The van der Waals surface area contributed by atoms with E-state index in [9.17, 15) is 9.59 Å². The number of carboxylic acid groups (broad SMARTS) is 1. The fourth-order valence-corrected chi connectivity index (χ4v) is 2.74. The maximum absolute atomic E-state index is 12.6. The van der Waals surface area contributed by atoms with Gasteiger partial charge in [-0.1, -0.05) is 26.8 Å². The van der Waals surface area contributed by atoms with Gasteiger partial charge >= 0.3 is 6.09 Å². The summed E-state index contributed by atoms with van der Waals surface area (Å²) in [4.78, 5) is 24.9. The Morgan fingerprint density at radius 2 is 2.11 bits per heavy atom. The first-order valence-electron chi connectivity index (χ1n) is 6.90. The Hall–Kier alpha value is -1.32. The summed E-state index contributed by atoms with van der Waals surface area (Å²) in [5, 5.41) is 8.95. The highest BCUT2D eigenvalue weighted by molar-refractivity contribution is 5.85. The molecule has 1 fully saturated rings. The second-order valence-corrected chi connectivity index (χ2v) is 6.40. The molecule has 1 aliphatic heterocycles. The van der Waals surface area contributed by atoms with Gasteiger partial charge in [-0.3, -0.25) is 4.79 Å². The molecular formula is C15H25NO3. The molecule has 108 valence electrons. The lowest BCUT2D eigenvalue weighted by molar-refractivity contribution is -0.129. The average molecular weight is 267 g/mol. The van der Waals surface area contributed by atoms with Gasteiger partial charge in [0.2, 0.25) is 0 Å². The lowest BCUT2D eigenvalue weighted by Crippen LogP contribution is -2.35. The predicted molar refractivity (Wildman–Crippen MR) is 75.1 cm³/mol. The minimum absolute atomic E-state index is 0.0238. The highest BCUT2D eigenvalue weighted by atomic mass is 16.4. The van der Waals surface area contributed by atoms with Crippen molar-refractivity contribution in [1.29, 1.82) is 0 Å². The first-order valence-corrected chi connectivity index (χ1v) is 6.90. The zero-order valence-corrected chi connectivity index (χ0v) is 12.2. The monoisotopic (exact) mass is 267 g/mol. The zero-order valence-electron chi connectivity index (χ0n) is 12.2. The number of carbonyl (C=O) groups excluding carboxylic acids is 1. The Bertz CT molecular complexity index is 357. The molecule has 1 rings (SSSR count). The van der Waals surface area contributed by atoms with Gasteiger partial charge in [0.15, 0.2) is 0 Å². The number of carbonyl (C=O) groups is 2. The molecule has 0 aromatic rings. The Labute approximate surface area is 115 Å². The van der Waals surface area contributed by atoms with E-state index in [0.717, 1.165) is 12.8 Å². The Morgan fingerprint density at radius 1 is 1.47 bits per heavy atom. The van der Waals surface area contributed by atoms with Crippen molar-refractivity contribution in [2.75, 3.05) is 13.1 Å². The molecule has 1 N–H and O–H groups in total. The van der Waals surface area contributed by atoms with Crippen molar-refractivity contribution in [1.82, 2.24) is 4.90 Å². The highest BCUT2D eigenvalue weighted by Gasteiger charge is 2.38. The third-order valence-corrected chi connectivity index (χ3v) is 3.91. The molecule has 0 aromatic carbocycles. The van der Waals surface area contributed by atoms with E-state index in [1.165, 1.54) is 4.90 Å². The van der Waals surface area contributed by atoms with Gasteiger partial charge in [-0.05, 0) is 24.7 Å². The Morgan fingerprint density at radius 3 is 2.53 bits per heavy atom. The number of rotatable bonds is 5. The second kappa shape index (κ2) is 6.22. The van der Waals surface area contributed by atoms with Gasteiger partial charge in [-0.2, -0.15) is 0 Å². The van der Waals surface area contributed by atoms with E-state index >= 15 is 0 Å². The summed E-state index contributed by atoms with van der Waals surface area (Å²) >= 11 is 0. The van der Waals surface area contributed by atoms with Crippen LogP contribution < -0.4 is 0 Å². The summed E-state index contributed by atoms with van der Waals surface area (Å²) < 4.78 is 0. The number of likely N-dealkylation sites (tertiary alicyclic amines) is 1. The van der Waals surface area contributed by atoms with Gasteiger partial charge in [-0.25, -0.2) is 4.79 Å². The summed E-state index contributed by atoms with van der Waals surface area (Å²) in [6, 6.07) is 0. The summed E-state index contributed by atoms with van der Waals surface area (Å²) in [5.41, 5.74) is -0.0866. The molecule has 2 atom stereocenters. The van der Waals surface area contributed by atoms with E-state index in [0.29, 0.717) is 19.5 Å². The van der Waals surface area contributed by atoms with E-state index in [2.05, 4.69) is 27.4 Å². The van der Waals surface area contributed by atoms with Gasteiger partial charge in [0.05, 0.1) is 0 Å². The molecule has 4 nitrogen and oxygen atoms in total. The van der Waals surface area contributed by atoms with Crippen LogP contribution in [0.5, 0.6) is 0 Å². The molecule has 0 aliphatic carbocycles. The van der Waals surface area contributed by atoms with E-state index in [-0.39, 0.29) is 23.0 Å². The van der Waals surface area contributed by atoms with Crippen molar-refractivity contribution in [2.45, 2.75) is 40.0 Å². The molecule has 0 spiro atoms. The molecule has 1 aliphatic rings. The van der Waals surface area contributed by atoms with Crippen molar-refractivity contribution in [3.63, 3.8) is 0 Å². The summed E-state index contributed by atoms with van der Waals surface area (Å²) in [6.45, 7) is 10.8. The van der Waals surface area contributed by atoms with Crippen molar-refractivity contribution in [3.05, 3.63) is 12.7 Å². The van der Waals surface area contributed by atoms with Crippen LogP contribution in [0, 0.1) is 17.3 Å². The van der Waals surface area contributed by atoms with E-state index < -0.39 is 6.09 Å². The SMILES string of the molecule is C=CCCC(C(=O)[C@@H]1CCN(C(=O)O)C1)C(C)(C)C. The number of allylic oxidation sites excluding steroid dienone is 1. The summed E-state index contributed by atoms with van der Waals surface area (Å²) in [6.07, 6.45) is 3.20. The van der Waals surface area contributed by atoms with Crippen LogP contribution in [0.15, 0.2) is 12.7 Å². The second-order valence-electron chi connectivity index (χ2n) is 6.40. The standard InChI is InChI=1S/C15H25NO3/c1-5-6-7-12(15(2,3)4)13(17)11-8-9-16(10-11)14(18)19/h5,11-12H,1,6-10H2,2-4H3,(H,18,19)/t11-,12?/m1/s1. The quantitative estimate of drug-likeness (QED) is 0.778. The molecular weight excluding hydrogens is 242 g/mol. The third kappa shape index (κ3) is 4.08. The number of hydrogen-bond donors (Lipinski definition) is 1. The van der Waals surface area contributed by atoms with Crippen molar-refractivity contribution in [2.24, 2.45) is 17.3 Å². The van der Waals surface area contributed by atoms with Crippen LogP contribution in [-0.2, 0) is 4.79 Å². The van der Waals surface area contributed by atoms with Crippen molar-refractivity contribution < 1.29 is 14.7 Å². The lowest BCUT2D eigenvalue weighted by atomic mass is 9.72. The zero-order chi connectivity index (χ0) is 14.6. The smallest absolute Gasteiger partial charge is 0.407 e. The van der Waals surface area contributed by atoms with Gasteiger partial charge in [0, 0.05) is 24.9 Å².